The molecule has 0 bridgehead atoms. The molecule has 1 unspecified atom stereocenters. The Balaban J connectivity index is 1.75. The first-order valence-corrected chi connectivity index (χ1v) is 9.39. The number of hydrogen-bond acceptors (Lipinski definition) is 2. The van der Waals surface area contributed by atoms with Crippen LogP contribution in [0.15, 0.2) is 24.3 Å². The summed E-state index contributed by atoms with van der Waals surface area (Å²) in [6.07, 6.45) is 3.46. The van der Waals surface area contributed by atoms with Gasteiger partial charge in [-0.3, -0.25) is 9.59 Å². The van der Waals surface area contributed by atoms with Crippen LogP contribution in [-0.2, 0) is 9.59 Å². The third-order valence-electron chi connectivity index (χ3n) is 5.11. The predicted octanol–water partition coefficient (Wildman–Crippen LogP) is 1.73. The van der Waals surface area contributed by atoms with Gasteiger partial charge in [0.25, 0.3) is 11.8 Å². The molecule has 25 heavy (non-hydrogen) atoms. The first kappa shape index (κ1) is 19.7. The summed E-state index contributed by atoms with van der Waals surface area (Å²) in [6, 6.07) is 7.23. The number of quaternary nitrogens is 1. The molecule has 0 aromatic heterocycles. The maximum Gasteiger partial charge on any atom is 0.279 e. The normalized spacial score (nSPS) is 24.4. The summed E-state index contributed by atoms with van der Waals surface area (Å²) in [5.41, 5.74) is 0.705. The Labute approximate surface area is 155 Å². The summed E-state index contributed by atoms with van der Waals surface area (Å²) in [5, 5.41) is 6.60. The van der Waals surface area contributed by atoms with Crippen LogP contribution < -0.4 is 15.5 Å². The van der Waals surface area contributed by atoms with Gasteiger partial charge in [0.1, 0.15) is 0 Å². The topological polar surface area (TPSA) is 62.6 Å². The summed E-state index contributed by atoms with van der Waals surface area (Å²) in [6.45, 7) is 5.00. The summed E-state index contributed by atoms with van der Waals surface area (Å²) < 4.78 is 0. The second kappa shape index (κ2) is 9.20. The van der Waals surface area contributed by atoms with E-state index >= 15 is 0 Å². The van der Waals surface area contributed by atoms with Gasteiger partial charge < -0.3 is 15.5 Å². The molecule has 0 aliphatic heterocycles. The summed E-state index contributed by atoms with van der Waals surface area (Å²) >= 11 is 5.83. The Morgan fingerprint density at radius 3 is 2.44 bits per heavy atom. The monoisotopic (exact) mass is 366 g/mol. The van der Waals surface area contributed by atoms with Crippen molar-refractivity contribution in [3.05, 3.63) is 29.3 Å². The van der Waals surface area contributed by atoms with Crippen molar-refractivity contribution in [3.63, 3.8) is 0 Å². The van der Waals surface area contributed by atoms with Crippen LogP contribution in [-0.4, -0.2) is 38.0 Å². The van der Waals surface area contributed by atoms with Gasteiger partial charge >= 0.3 is 0 Å². The van der Waals surface area contributed by atoms with Crippen molar-refractivity contribution in [2.45, 2.75) is 39.2 Å². The molecule has 138 valence electrons. The molecule has 1 aliphatic rings. The molecule has 3 N–H and O–H groups in total. The van der Waals surface area contributed by atoms with E-state index in [1.807, 2.05) is 7.05 Å². The number of hydrogen-bond donors (Lipinski definition) is 3. The minimum Gasteiger partial charge on any atom is -0.348 e. The third kappa shape index (κ3) is 6.33. The zero-order valence-corrected chi connectivity index (χ0v) is 16.0. The molecule has 1 aromatic carbocycles. The molecule has 1 saturated carbocycles. The standard InChI is InChI=1S/C19H28ClN3O2/c1-13-5-4-6-17(14(13)2)22-19(25)12-23(3)11-18(24)21-16-9-7-15(20)8-10-16/h7-10,13-14,17H,4-6,11-12H2,1-3H3,(H,21,24)(H,22,25)/p+1/t13-,14+,17+/m0/s1. The molecule has 4 atom stereocenters. The molecule has 2 rings (SSSR count). The minimum atomic E-state index is -0.118. The molecule has 0 radical (unpaired) electrons. The second-order valence-corrected chi connectivity index (χ2v) is 7.74. The number of likely N-dealkylation sites (N-methyl/N-ethyl adjacent to an activating group) is 1. The van der Waals surface area contributed by atoms with E-state index in [1.165, 1.54) is 12.8 Å². The molecule has 0 saturated heterocycles. The maximum absolute atomic E-state index is 12.3. The van der Waals surface area contributed by atoms with Crippen molar-refractivity contribution in [1.29, 1.82) is 0 Å². The van der Waals surface area contributed by atoms with Gasteiger partial charge in [0.15, 0.2) is 13.1 Å². The van der Waals surface area contributed by atoms with Crippen molar-refractivity contribution in [2.24, 2.45) is 11.8 Å². The molecule has 2 amide bonds. The van der Waals surface area contributed by atoms with E-state index in [-0.39, 0.29) is 24.4 Å². The van der Waals surface area contributed by atoms with Crippen LogP contribution in [0.4, 0.5) is 5.69 Å². The number of rotatable bonds is 6. The minimum absolute atomic E-state index is 0.0164. The van der Waals surface area contributed by atoms with Crippen molar-refractivity contribution >= 4 is 29.1 Å². The lowest BCUT2D eigenvalue weighted by molar-refractivity contribution is -0.862. The number of benzene rings is 1. The fraction of sp³-hybridized carbons (Fsp3) is 0.579. The molecule has 1 fully saturated rings. The molecule has 6 heteroatoms. The van der Waals surface area contributed by atoms with Gasteiger partial charge in [-0.2, -0.15) is 0 Å². The number of carbonyl (C=O) groups excluding carboxylic acids is 2. The number of halogens is 1. The van der Waals surface area contributed by atoms with Crippen molar-refractivity contribution in [1.82, 2.24) is 5.32 Å². The Hall–Kier alpha value is -1.59. The van der Waals surface area contributed by atoms with Gasteiger partial charge in [-0.05, 0) is 42.5 Å². The van der Waals surface area contributed by atoms with Crippen LogP contribution >= 0.6 is 11.6 Å². The highest BCUT2D eigenvalue weighted by molar-refractivity contribution is 6.30. The zero-order chi connectivity index (χ0) is 18.4. The SMILES string of the molecule is C[C@@H]1[C@@H](C)CCC[C@H]1NC(=O)C[NH+](C)CC(=O)Nc1ccc(Cl)cc1. The molecule has 1 aliphatic carbocycles. The number of carbonyl (C=O) groups is 2. The van der Waals surface area contributed by atoms with E-state index in [0.717, 1.165) is 11.3 Å². The Bertz CT molecular complexity index is 591. The fourth-order valence-electron chi connectivity index (χ4n) is 3.39. The lowest BCUT2D eigenvalue weighted by Gasteiger charge is -2.34. The largest absolute Gasteiger partial charge is 0.348 e. The maximum atomic E-state index is 12.3. The summed E-state index contributed by atoms with van der Waals surface area (Å²) in [4.78, 5) is 25.2. The van der Waals surface area contributed by atoms with Crippen LogP contribution in [0.25, 0.3) is 0 Å². The Morgan fingerprint density at radius 2 is 1.76 bits per heavy atom. The van der Waals surface area contributed by atoms with Gasteiger partial charge in [0.05, 0.1) is 7.05 Å². The third-order valence-corrected chi connectivity index (χ3v) is 5.36. The highest BCUT2D eigenvalue weighted by Gasteiger charge is 2.28. The first-order valence-electron chi connectivity index (χ1n) is 9.01. The van der Waals surface area contributed by atoms with E-state index in [0.29, 0.717) is 29.1 Å². The number of amides is 2. The lowest BCUT2D eigenvalue weighted by Crippen LogP contribution is -3.11. The van der Waals surface area contributed by atoms with E-state index in [4.69, 9.17) is 11.6 Å². The molecular formula is C19H29ClN3O2+. The second-order valence-electron chi connectivity index (χ2n) is 7.31. The zero-order valence-electron chi connectivity index (χ0n) is 15.3. The molecule has 5 nitrogen and oxygen atoms in total. The smallest absolute Gasteiger partial charge is 0.279 e. The van der Waals surface area contributed by atoms with Crippen LogP contribution in [0.2, 0.25) is 5.02 Å². The van der Waals surface area contributed by atoms with E-state index in [9.17, 15) is 9.59 Å². The van der Waals surface area contributed by atoms with Gasteiger partial charge in [-0.15, -0.1) is 0 Å². The van der Waals surface area contributed by atoms with E-state index in [1.54, 1.807) is 24.3 Å². The van der Waals surface area contributed by atoms with Crippen LogP contribution in [0, 0.1) is 11.8 Å². The van der Waals surface area contributed by atoms with Crippen LogP contribution in [0.3, 0.4) is 0 Å². The summed E-state index contributed by atoms with van der Waals surface area (Å²) in [7, 11) is 1.86. The van der Waals surface area contributed by atoms with Crippen molar-refractivity contribution < 1.29 is 14.5 Å². The van der Waals surface area contributed by atoms with Gasteiger partial charge in [0, 0.05) is 16.8 Å². The molecule has 0 heterocycles. The number of nitrogens with one attached hydrogen (secondary N) is 3. The van der Waals surface area contributed by atoms with Crippen molar-refractivity contribution in [2.75, 3.05) is 25.5 Å². The van der Waals surface area contributed by atoms with Crippen LogP contribution in [0.5, 0.6) is 0 Å². The van der Waals surface area contributed by atoms with Crippen LogP contribution in [0.1, 0.15) is 33.1 Å². The van der Waals surface area contributed by atoms with E-state index in [2.05, 4.69) is 24.5 Å². The van der Waals surface area contributed by atoms with Crippen molar-refractivity contribution in [3.8, 4) is 0 Å². The average molecular weight is 367 g/mol. The van der Waals surface area contributed by atoms with Gasteiger partial charge in [0.2, 0.25) is 0 Å². The molecule has 0 spiro atoms. The predicted molar refractivity (Wildman–Crippen MR) is 101 cm³/mol. The highest BCUT2D eigenvalue weighted by Crippen LogP contribution is 2.29. The van der Waals surface area contributed by atoms with Gasteiger partial charge in [-0.25, -0.2) is 0 Å². The Morgan fingerprint density at radius 1 is 1.12 bits per heavy atom. The lowest BCUT2D eigenvalue weighted by atomic mass is 9.78. The average Bonchev–Trinajstić information content (AvgIpc) is 2.53. The van der Waals surface area contributed by atoms with Gasteiger partial charge in [-0.1, -0.05) is 38.3 Å². The van der Waals surface area contributed by atoms with E-state index < -0.39 is 0 Å². The first-order chi connectivity index (χ1) is 11.8. The quantitative estimate of drug-likeness (QED) is 0.718. The number of anilines is 1. The molecular weight excluding hydrogens is 338 g/mol. The highest BCUT2D eigenvalue weighted by atomic mass is 35.5. The summed E-state index contributed by atoms with van der Waals surface area (Å²) in [5.74, 6) is 1.05. The fourth-order valence-corrected chi connectivity index (χ4v) is 3.52. The Kier molecular flexibility index (Phi) is 7.26. The molecule has 1 aromatic rings.